The van der Waals surface area contributed by atoms with Crippen LogP contribution >= 0.6 is 11.8 Å². The van der Waals surface area contributed by atoms with Gasteiger partial charge in [-0.3, -0.25) is 4.79 Å². The molecule has 2 aromatic carbocycles. The Morgan fingerprint density at radius 2 is 1.90 bits per heavy atom. The van der Waals surface area contributed by atoms with Gasteiger partial charge in [-0.05, 0) is 36.8 Å². The highest BCUT2D eigenvalue weighted by Crippen LogP contribution is 2.18. The molecule has 0 spiro atoms. The molecule has 0 aliphatic rings. The number of ether oxygens (including phenoxy) is 2. The topological polar surface area (TPSA) is 95.3 Å². The summed E-state index contributed by atoms with van der Waals surface area (Å²) in [6.45, 7) is 2.57. The number of esters is 1. The number of rotatable bonds is 10. The van der Waals surface area contributed by atoms with Crippen LogP contribution < -0.4 is 10.1 Å². The van der Waals surface area contributed by atoms with Crippen molar-refractivity contribution in [2.75, 3.05) is 17.7 Å². The van der Waals surface area contributed by atoms with Crippen molar-refractivity contribution in [2.24, 2.45) is 7.05 Å². The zero-order valence-corrected chi connectivity index (χ0v) is 18.2. The van der Waals surface area contributed by atoms with Crippen LogP contribution in [0.2, 0.25) is 0 Å². The lowest BCUT2D eigenvalue weighted by Gasteiger charge is -2.08. The van der Waals surface area contributed by atoms with Crippen molar-refractivity contribution < 1.29 is 19.1 Å². The summed E-state index contributed by atoms with van der Waals surface area (Å²) in [6.07, 6.45) is 0.752. The van der Waals surface area contributed by atoms with E-state index in [1.165, 1.54) is 11.8 Å². The quantitative estimate of drug-likeness (QED) is 0.379. The number of carbonyl (C=O) groups is 2. The van der Waals surface area contributed by atoms with Gasteiger partial charge in [-0.1, -0.05) is 43.0 Å². The second kappa shape index (κ2) is 11.2. The first-order valence-corrected chi connectivity index (χ1v) is 10.8. The molecular weight excluding hydrogens is 416 g/mol. The number of nitrogens with one attached hydrogen (secondary N) is 1. The number of hydrogen-bond donors (Lipinski definition) is 1. The molecule has 1 aromatic heterocycles. The maximum atomic E-state index is 12.3. The predicted octanol–water partition coefficient (Wildman–Crippen LogP) is 3.69. The average Bonchev–Trinajstić information content (AvgIpc) is 3.14. The van der Waals surface area contributed by atoms with Gasteiger partial charge in [-0.2, -0.15) is 0 Å². The number of amides is 1. The Hall–Kier alpha value is -3.33. The van der Waals surface area contributed by atoms with Crippen LogP contribution in [0.1, 0.15) is 29.5 Å². The van der Waals surface area contributed by atoms with Gasteiger partial charge in [0.05, 0.1) is 17.9 Å². The predicted molar refractivity (Wildman–Crippen MR) is 118 cm³/mol. The molecule has 1 heterocycles. The lowest BCUT2D eigenvalue weighted by atomic mass is 10.2. The number of anilines is 1. The summed E-state index contributed by atoms with van der Waals surface area (Å²) in [6, 6.07) is 16.1. The Balaban J connectivity index is 1.51. The van der Waals surface area contributed by atoms with E-state index in [4.69, 9.17) is 9.47 Å². The van der Waals surface area contributed by atoms with Gasteiger partial charge in [-0.15, -0.1) is 10.2 Å². The first-order valence-electron chi connectivity index (χ1n) is 9.82. The Morgan fingerprint density at radius 1 is 1.10 bits per heavy atom. The van der Waals surface area contributed by atoms with Crippen molar-refractivity contribution in [1.29, 1.82) is 0 Å². The Labute approximate surface area is 185 Å². The van der Waals surface area contributed by atoms with Crippen molar-refractivity contribution in [2.45, 2.75) is 25.1 Å². The number of hydrogen-bond acceptors (Lipinski definition) is 7. The van der Waals surface area contributed by atoms with E-state index in [-0.39, 0.29) is 18.3 Å². The standard InChI is InChI=1S/C22H24N4O4S/c1-3-12-29-21(28)16-8-7-9-17(13-16)23-20(27)15-31-22-25-24-19(26(22)2)14-30-18-10-5-4-6-11-18/h4-11,13H,3,12,14-15H2,1-2H3,(H,23,27). The monoisotopic (exact) mass is 440 g/mol. The van der Waals surface area contributed by atoms with Crippen LogP contribution in [-0.2, 0) is 23.2 Å². The van der Waals surface area contributed by atoms with Gasteiger partial charge in [0.15, 0.2) is 11.0 Å². The molecule has 8 nitrogen and oxygen atoms in total. The maximum Gasteiger partial charge on any atom is 0.338 e. The number of benzene rings is 2. The van der Waals surface area contributed by atoms with Gasteiger partial charge in [0, 0.05) is 12.7 Å². The molecule has 1 amide bonds. The third-order valence-corrected chi connectivity index (χ3v) is 5.21. The Morgan fingerprint density at radius 3 is 2.68 bits per heavy atom. The molecule has 9 heteroatoms. The van der Waals surface area contributed by atoms with Gasteiger partial charge >= 0.3 is 5.97 Å². The minimum absolute atomic E-state index is 0.149. The van der Waals surface area contributed by atoms with Crippen LogP contribution in [0.25, 0.3) is 0 Å². The molecular formula is C22H24N4O4S. The lowest BCUT2D eigenvalue weighted by Crippen LogP contribution is -2.15. The van der Waals surface area contributed by atoms with E-state index >= 15 is 0 Å². The number of thioether (sulfide) groups is 1. The van der Waals surface area contributed by atoms with Gasteiger partial charge in [0.25, 0.3) is 0 Å². The fourth-order valence-corrected chi connectivity index (χ4v) is 3.32. The highest BCUT2D eigenvalue weighted by Gasteiger charge is 2.13. The van der Waals surface area contributed by atoms with E-state index in [1.807, 2.05) is 44.3 Å². The second-order valence-electron chi connectivity index (χ2n) is 6.61. The molecule has 0 aliphatic heterocycles. The van der Waals surface area contributed by atoms with Crippen molar-refractivity contribution in [3.63, 3.8) is 0 Å². The van der Waals surface area contributed by atoms with E-state index in [0.29, 0.717) is 28.8 Å². The van der Waals surface area contributed by atoms with Crippen LogP contribution in [0, 0.1) is 0 Å². The molecule has 0 atom stereocenters. The third-order valence-electron chi connectivity index (χ3n) is 4.19. The number of nitrogens with zero attached hydrogens (tertiary/aromatic N) is 3. The number of aromatic nitrogens is 3. The summed E-state index contributed by atoms with van der Waals surface area (Å²) >= 11 is 1.27. The highest BCUT2D eigenvalue weighted by atomic mass is 32.2. The SMILES string of the molecule is CCCOC(=O)c1cccc(NC(=O)CSc2nnc(COc3ccccc3)n2C)c1. The largest absolute Gasteiger partial charge is 0.486 e. The number of para-hydroxylation sites is 1. The fraction of sp³-hybridized carbons (Fsp3) is 0.273. The molecule has 0 saturated heterocycles. The summed E-state index contributed by atoms with van der Waals surface area (Å²) in [7, 11) is 1.83. The van der Waals surface area contributed by atoms with Crippen LogP contribution in [0.15, 0.2) is 59.8 Å². The van der Waals surface area contributed by atoms with E-state index in [2.05, 4.69) is 15.5 Å². The summed E-state index contributed by atoms with van der Waals surface area (Å²) < 4.78 is 12.6. The molecule has 162 valence electrons. The van der Waals surface area contributed by atoms with E-state index < -0.39 is 5.97 Å². The molecule has 0 bridgehead atoms. The molecule has 3 aromatic rings. The van der Waals surface area contributed by atoms with Gasteiger partial charge < -0.3 is 19.4 Å². The average molecular weight is 441 g/mol. The maximum absolute atomic E-state index is 12.3. The van der Waals surface area contributed by atoms with E-state index in [1.54, 1.807) is 28.8 Å². The molecule has 0 fully saturated rings. The summed E-state index contributed by atoms with van der Waals surface area (Å²) in [5.41, 5.74) is 0.932. The van der Waals surface area contributed by atoms with E-state index in [0.717, 1.165) is 12.2 Å². The summed E-state index contributed by atoms with van der Waals surface area (Å²) in [4.78, 5) is 24.3. The fourth-order valence-electron chi connectivity index (χ4n) is 2.59. The summed E-state index contributed by atoms with van der Waals surface area (Å²) in [5.74, 6) is 0.937. The molecule has 3 rings (SSSR count). The molecule has 31 heavy (non-hydrogen) atoms. The van der Waals surface area contributed by atoms with Gasteiger partial charge in [0.1, 0.15) is 12.4 Å². The van der Waals surface area contributed by atoms with Crippen molar-refractivity contribution in [3.05, 3.63) is 66.0 Å². The molecule has 0 radical (unpaired) electrons. The summed E-state index contributed by atoms with van der Waals surface area (Å²) in [5, 5.41) is 11.7. The van der Waals surface area contributed by atoms with Crippen LogP contribution in [0.3, 0.4) is 0 Å². The van der Waals surface area contributed by atoms with Gasteiger partial charge in [-0.25, -0.2) is 4.79 Å². The minimum atomic E-state index is -0.406. The molecule has 0 unspecified atom stereocenters. The van der Waals surface area contributed by atoms with Crippen molar-refractivity contribution in [1.82, 2.24) is 14.8 Å². The minimum Gasteiger partial charge on any atom is -0.486 e. The van der Waals surface area contributed by atoms with Crippen LogP contribution in [0.4, 0.5) is 5.69 Å². The normalized spacial score (nSPS) is 10.5. The first-order chi connectivity index (χ1) is 15.1. The van der Waals surface area contributed by atoms with Crippen LogP contribution in [-0.4, -0.2) is 39.0 Å². The first kappa shape index (κ1) is 22.4. The second-order valence-corrected chi connectivity index (χ2v) is 7.56. The number of carbonyl (C=O) groups excluding carboxylic acids is 2. The molecule has 1 N–H and O–H groups in total. The van der Waals surface area contributed by atoms with Crippen molar-refractivity contribution >= 4 is 29.3 Å². The molecule has 0 aliphatic carbocycles. The Bertz CT molecular complexity index is 1020. The zero-order chi connectivity index (χ0) is 22.1. The highest BCUT2D eigenvalue weighted by molar-refractivity contribution is 7.99. The molecule has 0 saturated carbocycles. The van der Waals surface area contributed by atoms with Crippen LogP contribution in [0.5, 0.6) is 5.75 Å². The third kappa shape index (κ3) is 6.58. The lowest BCUT2D eigenvalue weighted by molar-refractivity contribution is -0.113. The zero-order valence-electron chi connectivity index (χ0n) is 17.4. The smallest absolute Gasteiger partial charge is 0.338 e. The van der Waals surface area contributed by atoms with Crippen molar-refractivity contribution in [3.8, 4) is 5.75 Å². The van der Waals surface area contributed by atoms with E-state index in [9.17, 15) is 9.59 Å². The Kier molecular flexibility index (Phi) is 8.05. The van der Waals surface area contributed by atoms with Gasteiger partial charge in [0.2, 0.25) is 5.91 Å².